The minimum Gasteiger partial charge on any atom is -0.396 e. The lowest BCUT2D eigenvalue weighted by atomic mass is 10.1. The van der Waals surface area contributed by atoms with Crippen LogP contribution in [0.5, 0.6) is 0 Å². The van der Waals surface area contributed by atoms with Gasteiger partial charge >= 0.3 is 0 Å². The minimum atomic E-state index is 0.0710. The van der Waals surface area contributed by atoms with E-state index in [1.54, 1.807) is 21.3 Å². The molecule has 8 bridgehead atoms. The molecule has 0 radical (unpaired) electrons. The van der Waals surface area contributed by atoms with Crippen LogP contribution in [0.4, 0.5) is 0 Å². The van der Waals surface area contributed by atoms with Crippen LogP contribution in [-0.2, 0) is 27.1 Å². The third-order valence-corrected chi connectivity index (χ3v) is 7.10. The molecule has 0 aromatic carbocycles. The first-order chi connectivity index (χ1) is 19.1. The van der Waals surface area contributed by atoms with Gasteiger partial charge in [0.05, 0.1) is 53.6 Å². The zero-order valence-electron chi connectivity index (χ0n) is 22.8. The summed E-state index contributed by atoms with van der Waals surface area (Å²) < 4.78 is 16.1. The Morgan fingerprint density at radius 3 is 1.54 bits per heavy atom. The monoisotopic (exact) mass is 528 g/mol. The molecule has 2 aliphatic heterocycles. The fourth-order valence-corrected chi connectivity index (χ4v) is 5.01. The quantitative estimate of drug-likeness (QED) is 0.316. The van der Waals surface area contributed by atoms with Gasteiger partial charge in [-0.05, 0) is 96.5 Å². The summed E-state index contributed by atoms with van der Waals surface area (Å²) in [5, 5.41) is 9.72. The highest BCUT2D eigenvalue weighted by atomic mass is 16.5. The zero-order valence-corrected chi connectivity index (χ0v) is 22.8. The molecule has 5 heterocycles. The van der Waals surface area contributed by atoms with Crippen molar-refractivity contribution in [1.29, 1.82) is 0 Å². The van der Waals surface area contributed by atoms with Crippen molar-refractivity contribution in [1.82, 2.24) is 19.9 Å². The van der Waals surface area contributed by atoms with E-state index in [4.69, 9.17) is 24.2 Å². The Balaban J connectivity index is 1.79. The molecule has 39 heavy (non-hydrogen) atoms. The highest BCUT2D eigenvalue weighted by Gasteiger charge is 2.16. The van der Waals surface area contributed by atoms with Crippen molar-refractivity contribution in [3.05, 3.63) is 70.3 Å². The summed E-state index contributed by atoms with van der Waals surface area (Å²) in [5.41, 5.74) is 11.9. The molecule has 3 aromatic rings. The molecule has 0 saturated heterocycles. The average molecular weight is 529 g/mol. The second kappa shape index (κ2) is 12.5. The van der Waals surface area contributed by atoms with Gasteiger partial charge in [0.25, 0.3) is 0 Å². The van der Waals surface area contributed by atoms with Gasteiger partial charge < -0.3 is 29.3 Å². The zero-order chi connectivity index (χ0) is 27.2. The van der Waals surface area contributed by atoms with E-state index in [1.165, 1.54) is 0 Å². The molecule has 0 fully saturated rings. The van der Waals surface area contributed by atoms with E-state index in [1.807, 2.05) is 6.07 Å². The van der Waals surface area contributed by atoms with Crippen LogP contribution in [-0.4, -0.2) is 72.8 Å². The topological polar surface area (TPSA) is 105 Å². The van der Waals surface area contributed by atoms with E-state index < -0.39 is 0 Å². The molecule has 2 aliphatic rings. The van der Waals surface area contributed by atoms with Crippen LogP contribution in [0.1, 0.15) is 46.7 Å². The third kappa shape index (κ3) is 6.04. The molecule has 8 heteroatoms. The van der Waals surface area contributed by atoms with Gasteiger partial charge in [0.15, 0.2) is 0 Å². The maximum atomic E-state index is 9.72. The fourth-order valence-electron chi connectivity index (χ4n) is 5.01. The van der Waals surface area contributed by atoms with Crippen LogP contribution in [0.25, 0.3) is 45.4 Å². The number of nitrogens with one attached hydrogen (secondary N) is 2. The summed E-state index contributed by atoms with van der Waals surface area (Å²) in [6.45, 7) is 1.92. The fraction of sp³-hybridized carbons (Fsp3) is 0.355. The van der Waals surface area contributed by atoms with Gasteiger partial charge in [-0.15, -0.1) is 0 Å². The number of rotatable bonds is 11. The van der Waals surface area contributed by atoms with Gasteiger partial charge in [-0.1, -0.05) is 0 Å². The van der Waals surface area contributed by atoms with E-state index in [9.17, 15) is 5.11 Å². The predicted octanol–water partition coefficient (Wildman–Crippen LogP) is 5.19. The average Bonchev–Trinajstić information content (AvgIpc) is 3.72. The van der Waals surface area contributed by atoms with Crippen molar-refractivity contribution < 1.29 is 19.3 Å². The molecule has 3 aromatic heterocycles. The maximum absolute atomic E-state index is 9.72. The number of hydrogen-bond acceptors (Lipinski definition) is 6. The second-order valence-electron chi connectivity index (χ2n) is 9.72. The normalized spacial score (nSPS) is 13.0. The Kier molecular flexibility index (Phi) is 8.68. The highest BCUT2D eigenvalue weighted by Crippen LogP contribution is 2.30. The van der Waals surface area contributed by atoms with Gasteiger partial charge in [0.2, 0.25) is 0 Å². The van der Waals surface area contributed by atoms with E-state index >= 15 is 0 Å². The first kappa shape index (κ1) is 27.0. The lowest BCUT2D eigenvalue weighted by Crippen LogP contribution is -1.92. The molecule has 0 spiro atoms. The van der Waals surface area contributed by atoms with Gasteiger partial charge in [-0.2, -0.15) is 0 Å². The summed E-state index contributed by atoms with van der Waals surface area (Å²) in [6.07, 6.45) is 7.11. The molecule has 204 valence electrons. The number of nitrogens with zero attached hydrogens (tertiary/aromatic N) is 2. The Morgan fingerprint density at radius 1 is 0.615 bits per heavy atom. The van der Waals surface area contributed by atoms with Crippen molar-refractivity contribution in [3.8, 4) is 0 Å². The summed E-state index contributed by atoms with van der Waals surface area (Å²) in [5.74, 6) is 0. The molecule has 0 unspecified atom stereocenters. The minimum absolute atomic E-state index is 0.0710. The van der Waals surface area contributed by atoms with Gasteiger partial charge in [-0.25, -0.2) is 9.97 Å². The number of fused-ring (bicyclic) bond motifs is 10. The largest absolute Gasteiger partial charge is 0.396 e. The Hall–Kier alpha value is -3.56. The maximum Gasteiger partial charge on any atom is 0.0875 e. The first-order valence-corrected chi connectivity index (χ1v) is 13.3. The number of hydrogen-bond donors (Lipinski definition) is 3. The van der Waals surface area contributed by atoms with Gasteiger partial charge in [-0.3, -0.25) is 0 Å². The molecule has 0 amide bonds. The molecule has 0 aliphatic carbocycles. The van der Waals surface area contributed by atoms with Crippen molar-refractivity contribution in [2.45, 2.75) is 25.7 Å². The number of H-pyrrole nitrogens is 2. The van der Waals surface area contributed by atoms with Crippen LogP contribution in [0.15, 0.2) is 36.4 Å². The van der Waals surface area contributed by atoms with E-state index in [2.05, 4.69) is 52.5 Å². The molecule has 3 N–H and O–H groups in total. The number of aromatic amines is 2. The lowest BCUT2D eigenvalue weighted by Gasteiger charge is -2.01. The highest BCUT2D eigenvalue weighted by molar-refractivity contribution is 5.90. The van der Waals surface area contributed by atoms with Crippen molar-refractivity contribution >= 4 is 45.4 Å². The van der Waals surface area contributed by atoms with Crippen LogP contribution in [0.3, 0.4) is 0 Å². The van der Waals surface area contributed by atoms with Crippen LogP contribution in [0, 0.1) is 0 Å². The van der Waals surface area contributed by atoms with Crippen molar-refractivity contribution in [2.24, 2.45) is 0 Å². The molecular formula is C31H36N4O4. The predicted molar refractivity (Wildman–Crippen MR) is 156 cm³/mol. The summed E-state index contributed by atoms with van der Waals surface area (Å²) in [7, 11) is 5.15. The number of ether oxygens (including phenoxy) is 3. The van der Waals surface area contributed by atoms with Gasteiger partial charge in [0, 0.05) is 39.0 Å². The number of aliphatic hydroxyl groups is 1. The van der Waals surface area contributed by atoms with E-state index in [0.29, 0.717) is 26.2 Å². The SMILES string of the molecule is COCCC1=Cc2nc1ccc1nc(c3cc(CCOC)c(ccc4[nH]c2cc4CCO)[nH]3)C=C1CCOC. The summed E-state index contributed by atoms with van der Waals surface area (Å²) in [4.78, 5) is 17.1. The smallest absolute Gasteiger partial charge is 0.0875 e. The Bertz CT molecular complexity index is 1550. The lowest BCUT2D eigenvalue weighted by molar-refractivity contribution is 0.202. The summed E-state index contributed by atoms with van der Waals surface area (Å²) >= 11 is 0. The third-order valence-electron chi connectivity index (χ3n) is 7.10. The van der Waals surface area contributed by atoms with Crippen molar-refractivity contribution in [2.75, 3.05) is 47.8 Å². The molecular weight excluding hydrogens is 492 g/mol. The number of aliphatic hydroxyl groups excluding tert-OH is 1. The van der Waals surface area contributed by atoms with Crippen LogP contribution >= 0.6 is 0 Å². The number of aromatic nitrogens is 4. The van der Waals surface area contributed by atoms with E-state index in [0.717, 1.165) is 86.4 Å². The van der Waals surface area contributed by atoms with Crippen LogP contribution in [0.2, 0.25) is 0 Å². The van der Waals surface area contributed by atoms with Crippen molar-refractivity contribution in [3.63, 3.8) is 0 Å². The molecule has 0 saturated carbocycles. The first-order valence-electron chi connectivity index (χ1n) is 13.3. The Labute approximate surface area is 228 Å². The summed E-state index contributed by atoms with van der Waals surface area (Å²) in [6, 6.07) is 12.5. The van der Waals surface area contributed by atoms with Crippen LogP contribution < -0.4 is 0 Å². The molecule has 0 atom stereocenters. The standard InChI is InChI=1S/C31H36N4O4/c1-37-13-9-21-17-29-28-16-20(8-12-36)24(32-28)4-5-25-22(10-14-38-2)18-30(34-25)31-19-23(11-15-39-3)27(35-31)7-6-26(21)33-29/h4-7,16-19,32,34,36H,8-15H2,1-3H3. The van der Waals surface area contributed by atoms with E-state index in [-0.39, 0.29) is 6.61 Å². The number of methoxy groups -OCH3 is 3. The molecule has 5 rings (SSSR count). The Morgan fingerprint density at radius 2 is 1.08 bits per heavy atom. The molecule has 8 nitrogen and oxygen atoms in total. The second-order valence-corrected chi connectivity index (χ2v) is 9.72. The van der Waals surface area contributed by atoms with Gasteiger partial charge in [0.1, 0.15) is 0 Å².